The first-order chi connectivity index (χ1) is 8.33. The van der Waals surface area contributed by atoms with E-state index in [1.807, 2.05) is 12.4 Å². The lowest BCUT2D eigenvalue weighted by molar-refractivity contribution is 0.162. The molecule has 2 heterocycles. The van der Waals surface area contributed by atoms with Crippen LogP contribution in [0.1, 0.15) is 19.4 Å². The number of aromatic nitrogens is 2. The SMILES string of the molecule is COCC(C)n1ccnc1N1CCCNCC1. The molecule has 0 amide bonds. The van der Waals surface area contributed by atoms with E-state index in [4.69, 9.17) is 4.74 Å². The lowest BCUT2D eigenvalue weighted by atomic mass is 10.3. The van der Waals surface area contributed by atoms with Gasteiger partial charge in [0.25, 0.3) is 0 Å². The first kappa shape index (κ1) is 12.4. The van der Waals surface area contributed by atoms with Crippen LogP contribution >= 0.6 is 0 Å². The van der Waals surface area contributed by atoms with Gasteiger partial charge in [-0.3, -0.25) is 0 Å². The van der Waals surface area contributed by atoms with Gasteiger partial charge in [-0.05, 0) is 19.9 Å². The van der Waals surface area contributed by atoms with Gasteiger partial charge in [0.15, 0.2) is 0 Å². The van der Waals surface area contributed by atoms with E-state index in [0.717, 1.165) is 38.7 Å². The Morgan fingerprint density at radius 2 is 2.35 bits per heavy atom. The zero-order valence-corrected chi connectivity index (χ0v) is 10.7. The van der Waals surface area contributed by atoms with E-state index in [9.17, 15) is 0 Å². The van der Waals surface area contributed by atoms with Gasteiger partial charge in [0.1, 0.15) is 0 Å². The second-order valence-corrected chi connectivity index (χ2v) is 4.53. The minimum atomic E-state index is 0.328. The van der Waals surface area contributed by atoms with Crippen molar-refractivity contribution in [1.29, 1.82) is 0 Å². The molecule has 5 heteroatoms. The highest BCUT2D eigenvalue weighted by atomic mass is 16.5. The van der Waals surface area contributed by atoms with Gasteiger partial charge in [-0.15, -0.1) is 0 Å². The standard InChI is InChI=1S/C12H22N4O/c1-11(10-17-2)16-9-6-14-12(16)15-7-3-4-13-5-8-15/h6,9,11,13H,3-5,7-8,10H2,1-2H3. The number of hydrogen-bond donors (Lipinski definition) is 1. The summed E-state index contributed by atoms with van der Waals surface area (Å²) in [5.41, 5.74) is 0. The zero-order valence-electron chi connectivity index (χ0n) is 10.7. The van der Waals surface area contributed by atoms with Crippen molar-refractivity contribution in [3.63, 3.8) is 0 Å². The monoisotopic (exact) mass is 238 g/mol. The molecule has 1 N–H and O–H groups in total. The van der Waals surface area contributed by atoms with Gasteiger partial charge in [0.05, 0.1) is 12.6 Å². The lowest BCUT2D eigenvalue weighted by Gasteiger charge is -2.24. The van der Waals surface area contributed by atoms with Crippen LogP contribution in [0.25, 0.3) is 0 Å². The summed E-state index contributed by atoms with van der Waals surface area (Å²) in [5.74, 6) is 1.07. The molecule has 1 fully saturated rings. The van der Waals surface area contributed by atoms with Gasteiger partial charge in [-0.25, -0.2) is 4.98 Å². The maximum Gasteiger partial charge on any atom is 0.205 e. The van der Waals surface area contributed by atoms with Crippen LogP contribution in [0.3, 0.4) is 0 Å². The quantitative estimate of drug-likeness (QED) is 0.846. The molecule has 0 aliphatic carbocycles. The van der Waals surface area contributed by atoms with E-state index in [2.05, 4.69) is 26.7 Å². The number of hydrogen-bond acceptors (Lipinski definition) is 4. The topological polar surface area (TPSA) is 42.3 Å². The molecule has 1 saturated heterocycles. The Bertz CT molecular complexity index is 331. The van der Waals surface area contributed by atoms with Crippen molar-refractivity contribution in [2.45, 2.75) is 19.4 Å². The number of nitrogens with one attached hydrogen (secondary N) is 1. The molecule has 0 radical (unpaired) electrons. The summed E-state index contributed by atoms with van der Waals surface area (Å²) >= 11 is 0. The Morgan fingerprint density at radius 1 is 1.47 bits per heavy atom. The Kier molecular flexibility index (Phi) is 4.39. The normalized spacial score (nSPS) is 19.1. The third-order valence-corrected chi connectivity index (χ3v) is 3.15. The fourth-order valence-corrected chi connectivity index (χ4v) is 2.26. The fraction of sp³-hybridized carbons (Fsp3) is 0.750. The van der Waals surface area contributed by atoms with Gasteiger partial charge in [0, 0.05) is 39.1 Å². The maximum absolute atomic E-state index is 5.21. The molecule has 0 bridgehead atoms. The summed E-state index contributed by atoms with van der Waals surface area (Å²) in [4.78, 5) is 6.84. The van der Waals surface area contributed by atoms with Crippen molar-refractivity contribution >= 4 is 5.95 Å². The van der Waals surface area contributed by atoms with Crippen LogP contribution in [0.5, 0.6) is 0 Å². The summed E-state index contributed by atoms with van der Waals surface area (Å²) in [5, 5.41) is 3.41. The van der Waals surface area contributed by atoms with E-state index in [0.29, 0.717) is 6.04 Å². The molecule has 1 aromatic rings. The summed E-state index contributed by atoms with van der Waals surface area (Å²) in [6.45, 7) is 7.11. The second-order valence-electron chi connectivity index (χ2n) is 4.53. The molecule has 17 heavy (non-hydrogen) atoms. The average Bonchev–Trinajstić information content (AvgIpc) is 2.65. The molecule has 1 unspecified atom stereocenters. The van der Waals surface area contributed by atoms with Gasteiger partial charge >= 0.3 is 0 Å². The highest BCUT2D eigenvalue weighted by Gasteiger charge is 2.17. The first-order valence-electron chi connectivity index (χ1n) is 6.30. The van der Waals surface area contributed by atoms with Crippen molar-refractivity contribution in [3.05, 3.63) is 12.4 Å². The fourth-order valence-electron chi connectivity index (χ4n) is 2.26. The highest BCUT2D eigenvalue weighted by Crippen LogP contribution is 2.18. The Labute approximate surface area is 103 Å². The zero-order chi connectivity index (χ0) is 12.1. The minimum absolute atomic E-state index is 0.328. The smallest absolute Gasteiger partial charge is 0.205 e. The largest absolute Gasteiger partial charge is 0.383 e. The minimum Gasteiger partial charge on any atom is -0.383 e. The molecule has 96 valence electrons. The van der Waals surface area contributed by atoms with Gasteiger partial charge in [0.2, 0.25) is 5.95 Å². The molecule has 1 aliphatic heterocycles. The van der Waals surface area contributed by atoms with Crippen molar-refractivity contribution in [1.82, 2.24) is 14.9 Å². The maximum atomic E-state index is 5.21. The molecule has 1 aromatic heterocycles. The molecule has 2 rings (SSSR count). The van der Waals surface area contributed by atoms with Crippen LogP contribution in [0.4, 0.5) is 5.95 Å². The van der Waals surface area contributed by atoms with Crippen LogP contribution in [0.2, 0.25) is 0 Å². The van der Waals surface area contributed by atoms with Crippen LogP contribution in [-0.2, 0) is 4.74 Å². The van der Waals surface area contributed by atoms with Gasteiger partial charge in [-0.2, -0.15) is 0 Å². The molecule has 0 aromatic carbocycles. The third-order valence-electron chi connectivity index (χ3n) is 3.15. The number of anilines is 1. The van der Waals surface area contributed by atoms with Crippen LogP contribution in [0, 0.1) is 0 Å². The highest BCUT2D eigenvalue weighted by molar-refractivity contribution is 5.32. The summed E-state index contributed by atoms with van der Waals surface area (Å²) in [7, 11) is 1.74. The van der Waals surface area contributed by atoms with E-state index in [-0.39, 0.29) is 0 Å². The third kappa shape index (κ3) is 2.98. The first-order valence-corrected chi connectivity index (χ1v) is 6.30. The molecule has 1 atom stereocenters. The van der Waals surface area contributed by atoms with Crippen molar-refractivity contribution in [2.75, 3.05) is 44.8 Å². The predicted octanol–water partition coefficient (Wildman–Crippen LogP) is 0.890. The van der Waals surface area contributed by atoms with Crippen LogP contribution < -0.4 is 10.2 Å². The summed E-state index contributed by atoms with van der Waals surface area (Å²) in [6, 6.07) is 0.328. The van der Waals surface area contributed by atoms with E-state index in [1.54, 1.807) is 7.11 Å². The second kappa shape index (κ2) is 6.02. The molecule has 5 nitrogen and oxygen atoms in total. The van der Waals surface area contributed by atoms with Crippen molar-refractivity contribution < 1.29 is 4.74 Å². The lowest BCUT2D eigenvalue weighted by Crippen LogP contribution is -2.31. The summed E-state index contributed by atoms with van der Waals surface area (Å²) in [6.07, 6.45) is 5.09. The van der Waals surface area contributed by atoms with E-state index < -0.39 is 0 Å². The van der Waals surface area contributed by atoms with Gasteiger partial charge < -0.3 is 19.5 Å². The molecule has 1 aliphatic rings. The molecule has 0 spiro atoms. The average molecular weight is 238 g/mol. The van der Waals surface area contributed by atoms with Crippen molar-refractivity contribution in [2.24, 2.45) is 0 Å². The Balaban J connectivity index is 2.11. The van der Waals surface area contributed by atoms with E-state index in [1.165, 1.54) is 6.42 Å². The number of methoxy groups -OCH3 is 1. The van der Waals surface area contributed by atoms with Crippen molar-refractivity contribution in [3.8, 4) is 0 Å². The molecular formula is C12H22N4O. The Morgan fingerprint density at radius 3 is 3.18 bits per heavy atom. The predicted molar refractivity (Wildman–Crippen MR) is 68.5 cm³/mol. The van der Waals surface area contributed by atoms with Crippen LogP contribution in [-0.4, -0.2) is 49.4 Å². The molecule has 0 saturated carbocycles. The summed E-state index contributed by atoms with van der Waals surface area (Å²) < 4.78 is 7.42. The van der Waals surface area contributed by atoms with Crippen LogP contribution in [0.15, 0.2) is 12.4 Å². The van der Waals surface area contributed by atoms with Gasteiger partial charge in [-0.1, -0.05) is 0 Å². The van der Waals surface area contributed by atoms with E-state index >= 15 is 0 Å². The number of nitrogens with zero attached hydrogens (tertiary/aromatic N) is 3. The number of imidazole rings is 1. The number of ether oxygens (including phenoxy) is 1. The number of rotatable bonds is 4. The Hall–Kier alpha value is -1.07. The molecular weight excluding hydrogens is 216 g/mol.